The van der Waals surface area contributed by atoms with E-state index in [0.717, 1.165) is 55.5 Å². The zero-order chi connectivity index (χ0) is 23.6. The molecule has 1 aliphatic heterocycles. The summed E-state index contributed by atoms with van der Waals surface area (Å²) in [5, 5.41) is 0. The molecule has 1 saturated heterocycles. The topological polar surface area (TPSA) is 70.2 Å². The number of ether oxygens (including phenoxy) is 1. The van der Waals surface area contributed by atoms with Crippen LogP contribution in [0.15, 0.2) is 17.0 Å². The van der Waals surface area contributed by atoms with Gasteiger partial charge in [0.25, 0.3) is 0 Å². The van der Waals surface area contributed by atoms with Gasteiger partial charge in [0.1, 0.15) is 6.61 Å². The van der Waals surface area contributed by atoms with Crippen LogP contribution in [0.5, 0.6) is 0 Å². The molecule has 0 aromatic heterocycles. The second kappa shape index (κ2) is 13.2. The highest BCUT2D eigenvalue weighted by atomic mass is 32.2. The van der Waals surface area contributed by atoms with Crippen molar-refractivity contribution < 1.29 is 17.9 Å². The fourth-order valence-corrected chi connectivity index (χ4v) is 5.72. The summed E-state index contributed by atoms with van der Waals surface area (Å²) in [5.74, 6) is 0.0428. The van der Waals surface area contributed by atoms with Gasteiger partial charge < -0.3 is 14.5 Å². The molecule has 1 amide bonds. The third kappa shape index (κ3) is 8.88. The maximum absolute atomic E-state index is 12.7. The first-order chi connectivity index (χ1) is 14.5. The normalized spacial score (nSPS) is 14.8. The lowest BCUT2D eigenvalue weighted by atomic mass is 10.1. The summed E-state index contributed by atoms with van der Waals surface area (Å²) < 4.78 is 31.7. The number of amides is 1. The summed E-state index contributed by atoms with van der Waals surface area (Å²) in [6.45, 7) is 9.07. The Kier molecular flexibility index (Phi) is 11.7. The fourth-order valence-electron chi connectivity index (χ4n) is 3.79. The largest absolute Gasteiger partial charge is 0.375 e. The molecule has 1 aliphatic rings. The number of hydrogen-bond acceptors (Lipinski definition) is 5. The van der Waals surface area contributed by atoms with Crippen LogP contribution in [-0.2, 0) is 19.6 Å². The Morgan fingerprint density at radius 1 is 1.00 bits per heavy atom. The Morgan fingerprint density at radius 2 is 1.55 bits per heavy atom. The van der Waals surface area contributed by atoms with Gasteiger partial charge in [0.15, 0.2) is 0 Å². The van der Waals surface area contributed by atoms with Crippen LogP contribution in [0.25, 0.3) is 0 Å². The van der Waals surface area contributed by atoms with Crippen LogP contribution in [0.3, 0.4) is 0 Å². The van der Waals surface area contributed by atoms with Gasteiger partial charge in [-0.05, 0) is 71.8 Å². The summed E-state index contributed by atoms with van der Waals surface area (Å²) in [7, 11) is 4.08. The summed E-state index contributed by atoms with van der Waals surface area (Å²) in [4.78, 5) is 15.5. The highest BCUT2D eigenvalue weighted by Crippen LogP contribution is 2.27. The number of methoxy groups -OCH3 is 1. The van der Waals surface area contributed by atoms with Gasteiger partial charge in [0.2, 0.25) is 15.9 Å². The van der Waals surface area contributed by atoms with Crippen molar-refractivity contribution in [3.63, 3.8) is 0 Å². The summed E-state index contributed by atoms with van der Waals surface area (Å²) in [6.07, 6.45) is 4.09. The zero-order valence-electron chi connectivity index (χ0n) is 20.4. The molecule has 0 atom stereocenters. The van der Waals surface area contributed by atoms with E-state index in [4.69, 9.17) is 4.74 Å². The van der Waals surface area contributed by atoms with Crippen molar-refractivity contribution in [1.29, 1.82) is 0 Å². The minimum absolute atomic E-state index is 0.0428. The van der Waals surface area contributed by atoms with Gasteiger partial charge in [0.05, 0.1) is 4.90 Å². The Balaban J connectivity index is 0.000000330. The summed E-state index contributed by atoms with van der Waals surface area (Å²) in [5.41, 5.74) is 2.83. The molecule has 1 fully saturated rings. The molecular formula is C23H41N3O4S. The quantitative estimate of drug-likeness (QED) is 0.603. The summed E-state index contributed by atoms with van der Waals surface area (Å²) in [6, 6.07) is 3.90. The predicted molar refractivity (Wildman–Crippen MR) is 126 cm³/mol. The van der Waals surface area contributed by atoms with Gasteiger partial charge >= 0.3 is 0 Å². The van der Waals surface area contributed by atoms with E-state index in [9.17, 15) is 13.2 Å². The van der Waals surface area contributed by atoms with Gasteiger partial charge in [-0.1, -0.05) is 24.1 Å². The minimum atomic E-state index is -3.31. The van der Waals surface area contributed by atoms with Crippen LogP contribution in [0.1, 0.15) is 42.4 Å². The number of piperidine rings is 1. The molecule has 7 nitrogen and oxygen atoms in total. The monoisotopic (exact) mass is 455 g/mol. The number of aryl methyl sites for hydroxylation is 3. The van der Waals surface area contributed by atoms with Crippen LogP contribution in [-0.4, -0.2) is 89.5 Å². The van der Waals surface area contributed by atoms with Gasteiger partial charge in [0, 0.05) is 33.8 Å². The average Bonchev–Trinajstić information content (AvgIpc) is 2.68. The van der Waals surface area contributed by atoms with Crippen LogP contribution in [0.2, 0.25) is 0 Å². The second-order valence-electron chi connectivity index (χ2n) is 8.60. The lowest BCUT2D eigenvalue weighted by Crippen LogP contribution is -2.36. The van der Waals surface area contributed by atoms with E-state index < -0.39 is 10.0 Å². The SMILES string of the molecule is COCC(=O)N(C)CCCN(C)C.Cc1cc(C)c(S(=O)(=O)N2CCCCC2)c(C)c1. The highest BCUT2D eigenvalue weighted by Gasteiger charge is 2.28. The van der Waals surface area contributed by atoms with E-state index in [1.165, 1.54) is 7.11 Å². The molecular weight excluding hydrogens is 414 g/mol. The van der Waals surface area contributed by atoms with Crippen molar-refractivity contribution in [3.8, 4) is 0 Å². The molecule has 0 spiro atoms. The van der Waals surface area contributed by atoms with Crippen molar-refractivity contribution in [3.05, 3.63) is 28.8 Å². The lowest BCUT2D eigenvalue weighted by molar-refractivity contribution is -0.133. The number of carbonyl (C=O) groups excluding carboxylic acids is 1. The summed E-state index contributed by atoms with van der Waals surface area (Å²) >= 11 is 0. The first-order valence-electron chi connectivity index (χ1n) is 11.0. The maximum atomic E-state index is 12.7. The van der Waals surface area contributed by atoms with Crippen molar-refractivity contribution >= 4 is 15.9 Å². The number of likely N-dealkylation sites (N-methyl/N-ethyl adjacent to an activating group) is 1. The molecule has 0 aliphatic carbocycles. The van der Waals surface area contributed by atoms with Crippen molar-refractivity contribution in [2.75, 3.05) is 61.0 Å². The Bertz CT molecular complexity index is 780. The first-order valence-corrected chi connectivity index (χ1v) is 12.4. The van der Waals surface area contributed by atoms with E-state index in [0.29, 0.717) is 18.0 Å². The van der Waals surface area contributed by atoms with Gasteiger partial charge in [-0.15, -0.1) is 0 Å². The molecule has 0 saturated carbocycles. The van der Waals surface area contributed by atoms with E-state index in [1.54, 1.807) is 16.3 Å². The van der Waals surface area contributed by atoms with E-state index in [1.807, 2.05) is 47.0 Å². The Morgan fingerprint density at radius 3 is 2.03 bits per heavy atom. The molecule has 0 bridgehead atoms. The smallest absolute Gasteiger partial charge is 0.248 e. The number of sulfonamides is 1. The van der Waals surface area contributed by atoms with Gasteiger partial charge in [-0.2, -0.15) is 4.31 Å². The molecule has 2 rings (SSSR count). The Hall–Kier alpha value is -1.48. The number of rotatable bonds is 8. The zero-order valence-corrected chi connectivity index (χ0v) is 21.2. The number of hydrogen-bond donors (Lipinski definition) is 0. The van der Waals surface area contributed by atoms with Crippen LogP contribution in [0.4, 0.5) is 0 Å². The number of nitrogens with zero attached hydrogens (tertiary/aromatic N) is 3. The average molecular weight is 456 g/mol. The fraction of sp³-hybridized carbons (Fsp3) is 0.696. The van der Waals surface area contributed by atoms with Crippen molar-refractivity contribution in [2.24, 2.45) is 0 Å². The molecule has 178 valence electrons. The molecule has 0 unspecified atom stereocenters. The Labute approximate surface area is 189 Å². The molecule has 8 heteroatoms. The highest BCUT2D eigenvalue weighted by molar-refractivity contribution is 7.89. The predicted octanol–water partition coefficient (Wildman–Crippen LogP) is 2.83. The van der Waals surface area contributed by atoms with Crippen molar-refractivity contribution in [1.82, 2.24) is 14.1 Å². The van der Waals surface area contributed by atoms with Crippen LogP contribution >= 0.6 is 0 Å². The molecule has 31 heavy (non-hydrogen) atoms. The first kappa shape index (κ1) is 27.6. The molecule has 1 aromatic carbocycles. The third-order valence-electron chi connectivity index (χ3n) is 5.31. The lowest BCUT2D eigenvalue weighted by Gasteiger charge is -2.27. The number of carbonyl (C=O) groups is 1. The van der Waals surface area contributed by atoms with E-state index >= 15 is 0 Å². The van der Waals surface area contributed by atoms with Gasteiger partial charge in [-0.25, -0.2) is 8.42 Å². The minimum Gasteiger partial charge on any atom is -0.375 e. The number of benzene rings is 1. The van der Waals surface area contributed by atoms with Crippen LogP contribution < -0.4 is 0 Å². The molecule has 0 radical (unpaired) electrons. The second-order valence-corrected chi connectivity index (χ2v) is 10.5. The third-order valence-corrected chi connectivity index (χ3v) is 7.51. The van der Waals surface area contributed by atoms with E-state index in [2.05, 4.69) is 4.90 Å². The van der Waals surface area contributed by atoms with Crippen molar-refractivity contribution in [2.45, 2.75) is 51.3 Å². The van der Waals surface area contributed by atoms with Crippen LogP contribution in [0, 0.1) is 20.8 Å². The van der Waals surface area contributed by atoms with E-state index in [-0.39, 0.29) is 12.5 Å². The molecule has 1 heterocycles. The molecule has 1 aromatic rings. The van der Waals surface area contributed by atoms with Gasteiger partial charge in [-0.3, -0.25) is 4.79 Å². The maximum Gasteiger partial charge on any atom is 0.248 e. The molecule has 0 N–H and O–H groups in total. The standard InChI is InChI=1S/C14H21NO2S.C9H20N2O2/c1-11-9-12(2)14(13(3)10-11)18(16,17)15-7-5-4-6-8-15;1-10(2)6-5-7-11(3)9(12)8-13-4/h9-10H,4-8H2,1-3H3;5-8H2,1-4H3.